The molecule has 0 aliphatic rings. The number of hydrogen-bond acceptors (Lipinski definition) is 4. The van der Waals surface area contributed by atoms with Crippen molar-refractivity contribution in [1.29, 1.82) is 0 Å². The Bertz CT molecular complexity index is 304. The predicted molar refractivity (Wildman–Crippen MR) is 62.9 cm³/mol. The van der Waals surface area contributed by atoms with Crippen molar-refractivity contribution in [3.63, 3.8) is 0 Å². The molecule has 0 saturated heterocycles. The molecule has 1 unspecified atom stereocenters. The monoisotopic (exact) mass is 227 g/mol. The first-order chi connectivity index (χ1) is 7.15. The summed E-state index contributed by atoms with van der Waals surface area (Å²) in [5.41, 5.74) is 6.90. The Kier molecular flexibility index (Phi) is 5.11. The third kappa shape index (κ3) is 3.83. The first kappa shape index (κ1) is 12.5. The second-order valence-corrected chi connectivity index (χ2v) is 4.54. The number of nitrogens with two attached hydrogens (primary N) is 1. The molecular formula is C11H17NO2S. The lowest BCUT2D eigenvalue weighted by Gasteiger charge is -2.13. The number of aliphatic hydroxyl groups is 2. The Balaban J connectivity index is 2.67. The normalized spacial score (nSPS) is 14.9. The van der Waals surface area contributed by atoms with Crippen molar-refractivity contribution in [2.45, 2.75) is 24.0 Å². The maximum atomic E-state index is 9.25. The van der Waals surface area contributed by atoms with Crippen LogP contribution in [0, 0.1) is 0 Å². The molecule has 0 amide bonds. The minimum Gasteiger partial charge on any atom is -0.394 e. The van der Waals surface area contributed by atoms with E-state index in [9.17, 15) is 5.11 Å². The number of benzene rings is 1. The topological polar surface area (TPSA) is 66.5 Å². The van der Waals surface area contributed by atoms with Crippen LogP contribution in [-0.2, 0) is 0 Å². The fraction of sp³-hybridized carbons (Fsp3) is 0.455. The minimum atomic E-state index is -0.670. The van der Waals surface area contributed by atoms with Gasteiger partial charge in [-0.05, 0) is 18.6 Å². The molecule has 3 nitrogen and oxygen atoms in total. The highest BCUT2D eigenvalue weighted by Crippen LogP contribution is 2.26. The first-order valence-corrected chi connectivity index (χ1v) is 5.90. The SMILES string of the molecule is C[C@@H](N)c1ccccc1SCC(O)CO. The molecule has 1 aromatic rings. The second kappa shape index (κ2) is 6.12. The number of thioether (sulfide) groups is 1. The Morgan fingerprint density at radius 3 is 2.67 bits per heavy atom. The molecule has 0 aromatic heterocycles. The van der Waals surface area contributed by atoms with Gasteiger partial charge in [0.2, 0.25) is 0 Å². The van der Waals surface area contributed by atoms with Crippen LogP contribution in [0.25, 0.3) is 0 Å². The summed E-state index contributed by atoms with van der Waals surface area (Å²) >= 11 is 1.52. The van der Waals surface area contributed by atoms with Crippen LogP contribution in [0.15, 0.2) is 29.2 Å². The summed E-state index contributed by atoms with van der Waals surface area (Å²) in [5, 5.41) is 17.9. The standard InChI is InChI=1S/C11H17NO2S/c1-8(12)10-4-2-3-5-11(10)15-7-9(14)6-13/h2-5,8-9,13-14H,6-7,12H2,1H3/t8-,9?/m1/s1. The van der Waals surface area contributed by atoms with E-state index >= 15 is 0 Å². The van der Waals surface area contributed by atoms with Gasteiger partial charge in [0.05, 0.1) is 12.7 Å². The van der Waals surface area contributed by atoms with Crippen molar-refractivity contribution in [3.05, 3.63) is 29.8 Å². The van der Waals surface area contributed by atoms with Gasteiger partial charge in [-0.3, -0.25) is 0 Å². The summed E-state index contributed by atoms with van der Waals surface area (Å²) in [6.45, 7) is 1.73. The van der Waals surface area contributed by atoms with E-state index in [4.69, 9.17) is 10.8 Å². The van der Waals surface area contributed by atoms with Gasteiger partial charge in [0.1, 0.15) is 0 Å². The van der Waals surface area contributed by atoms with Crippen LogP contribution in [0.2, 0.25) is 0 Å². The molecule has 0 bridgehead atoms. The molecule has 4 heteroatoms. The molecule has 2 atom stereocenters. The molecule has 84 valence electrons. The average Bonchev–Trinajstić information content (AvgIpc) is 2.26. The van der Waals surface area contributed by atoms with Gasteiger partial charge in [-0.25, -0.2) is 0 Å². The van der Waals surface area contributed by atoms with Crippen LogP contribution >= 0.6 is 11.8 Å². The summed E-state index contributed by atoms with van der Waals surface area (Å²) in [5.74, 6) is 0.486. The molecule has 0 fully saturated rings. The van der Waals surface area contributed by atoms with Crippen molar-refractivity contribution in [1.82, 2.24) is 0 Å². The number of aliphatic hydroxyl groups excluding tert-OH is 2. The lowest BCUT2D eigenvalue weighted by atomic mass is 10.1. The van der Waals surface area contributed by atoms with E-state index in [1.54, 1.807) is 0 Å². The van der Waals surface area contributed by atoms with Crippen molar-refractivity contribution in [3.8, 4) is 0 Å². The maximum absolute atomic E-state index is 9.25. The third-order valence-corrected chi connectivity index (χ3v) is 3.29. The van der Waals surface area contributed by atoms with Crippen LogP contribution < -0.4 is 5.73 Å². The van der Waals surface area contributed by atoms with Gasteiger partial charge < -0.3 is 15.9 Å². The first-order valence-electron chi connectivity index (χ1n) is 4.91. The Hall–Kier alpha value is -0.550. The highest BCUT2D eigenvalue weighted by atomic mass is 32.2. The van der Waals surface area contributed by atoms with Crippen molar-refractivity contribution in [2.24, 2.45) is 5.73 Å². The molecule has 4 N–H and O–H groups in total. The van der Waals surface area contributed by atoms with E-state index in [-0.39, 0.29) is 12.6 Å². The van der Waals surface area contributed by atoms with Crippen LogP contribution in [-0.4, -0.2) is 28.7 Å². The number of rotatable bonds is 5. The van der Waals surface area contributed by atoms with Gasteiger partial charge >= 0.3 is 0 Å². The van der Waals surface area contributed by atoms with Gasteiger partial charge in [0, 0.05) is 16.7 Å². The van der Waals surface area contributed by atoms with E-state index in [1.807, 2.05) is 31.2 Å². The van der Waals surface area contributed by atoms with Gasteiger partial charge in [0.15, 0.2) is 0 Å². The molecule has 1 aromatic carbocycles. The van der Waals surface area contributed by atoms with Crippen LogP contribution in [0.4, 0.5) is 0 Å². The molecule has 0 spiro atoms. The van der Waals surface area contributed by atoms with Crippen LogP contribution in [0.5, 0.6) is 0 Å². The third-order valence-electron chi connectivity index (χ3n) is 2.05. The van der Waals surface area contributed by atoms with Gasteiger partial charge in [-0.15, -0.1) is 11.8 Å². The van der Waals surface area contributed by atoms with E-state index in [2.05, 4.69) is 0 Å². The zero-order valence-electron chi connectivity index (χ0n) is 8.76. The van der Waals surface area contributed by atoms with E-state index in [0.717, 1.165) is 10.5 Å². The van der Waals surface area contributed by atoms with E-state index < -0.39 is 6.10 Å². The Labute approximate surface area is 94.3 Å². The average molecular weight is 227 g/mol. The summed E-state index contributed by atoms with van der Waals surface area (Å²) < 4.78 is 0. The van der Waals surface area contributed by atoms with Crippen molar-refractivity contribution in [2.75, 3.05) is 12.4 Å². The largest absolute Gasteiger partial charge is 0.394 e. The van der Waals surface area contributed by atoms with Crippen LogP contribution in [0.1, 0.15) is 18.5 Å². The molecule has 0 aliphatic carbocycles. The molecule has 0 aliphatic heterocycles. The van der Waals surface area contributed by atoms with Crippen LogP contribution in [0.3, 0.4) is 0 Å². The fourth-order valence-electron chi connectivity index (χ4n) is 1.23. The molecule has 1 rings (SSSR count). The predicted octanol–water partition coefficient (Wildman–Crippen LogP) is 1.15. The van der Waals surface area contributed by atoms with Crippen molar-refractivity contribution < 1.29 is 10.2 Å². The summed E-state index contributed by atoms with van der Waals surface area (Å²) in [7, 11) is 0. The zero-order chi connectivity index (χ0) is 11.3. The molecular weight excluding hydrogens is 210 g/mol. The minimum absolute atomic E-state index is 0.0139. The quantitative estimate of drug-likeness (QED) is 0.660. The second-order valence-electron chi connectivity index (χ2n) is 3.47. The van der Waals surface area contributed by atoms with Crippen molar-refractivity contribution >= 4 is 11.8 Å². The molecule has 15 heavy (non-hydrogen) atoms. The fourth-order valence-corrected chi connectivity index (χ4v) is 2.30. The van der Waals surface area contributed by atoms with Gasteiger partial charge in [-0.1, -0.05) is 18.2 Å². The lowest BCUT2D eigenvalue weighted by molar-refractivity contribution is 0.113. The maximum Gasteiger partial charge on any atom is 0.0864 e. The lowest BCUT2D eigenvalue weighted by Crippen LogP contribution is -2.15. The molecule has 0 heterocycles. The smallest absolute Gasteiger partial charge is 0.0864 e. The van der Waals surface area contributed by atoms with E-state index in [1.165, 1.54) is 11.8 Å². The van der Waals surface area contributed by atoms with Gasteiger partial charge in [0.25, 0.3) is 0 Å². The van der Waals surface area contributed by atoms with E-state index in [0.29, 0.717) is 5.75 Å². The summed E-state index contributed by atoms with van der Waals surface area (Å²) in [4.78, 5) is 1.07. The molecule has 0 saturated carbocycles. The molecule has 0 radical (unpaired) electrons. The highest BCUT2D eigenvalue weighted by Gasteiger charge is 2.08. The summed E-state index contributed by atoms with van der Waals surface area (Å²) in [6.07, 6.45) is -0.670. The highest BCUT2D eigenvalue weighted by molar-refractivity contribution is 7.99. The Morgan fingerprint density at radius 1 is 1.40 bits per heavy atom. The van der Waals surface area contributed by atoms with Gasteiger partial charge in [-0.2, -0.15) is 0 Å². The zero-order valence-corrected chi connectivity index (χ0v) is 9.57. The number of hydrogen-bond donors (Lipinski definition) is 3. The summed E-state index contributed by atoms with van der Waals surface area (Å²) in [6, 6.07) is 7.84. The Morgan fingerprint density at radius 2 is 2.07 bits per heavy atom.